The molecule has 1 atom stereocenters. The Labute approximate surface area is 174 Å². The number of urea groups is 1. The first kappa shape index (κ1) is 20.2. The van der Waals surface area contributed by atoms with Gasteiger partial charge in [-0.1, -0.05) is 11.6 Å². The van der Waals surface area contributed by atoms with E-state index in [4.69, 9.17) is 16.3 Å². The van der Waals surface area contributed by atoms with Gasteiger partial charge in [0.1, 0.15) is 0 Å². The number of anilines is 2. The number of ether oxygens (including phenoxy) is 1. The summed E-state index contributed by atoms with van der Waals surface area (Å²) >= 11 is 9.69. The minimum absolute atomic E-state index is 0.247. The second kappa shape index (κ2) is 8.63. The highest BCUT2D eigenvalue weighted by Crippen LogP contribution is 2.33. The van der Waals surface area contributed by atoms with Crippen LogP contribution in [0.4, 0.5) is 16.2 Å². The molecule has 0 fully saturated rings. The smallest absolute Gasteiger partial charge is 0.323 e. The van der Waals surface area contributed by atoms with Gasteiger partial charge in [-0.2, -0.15) is 10.2 Å². The Bertz CT molecular complexity index is 997. The minimum Gasteiger partial charge on any atom is -0.377 e. The maximum atomic E-state index is 12.5. The molecule has 0 spiro atoms. The van der Waals surface area contributed by atoms with E-state index < -0.39 is 6.03 Å². The minimum atomic E-state index is -0.463. The van der Waals surface area contributed by atoms with E-state index >= 15 is 0 Å². The number of aromatic nitrogens is 5. The van der Waals surface area contributed by atoms with Crippen LogP contribution in [0.3, 0.4) is 0 Å². The SMILES string of the molecule is COC(C)c1c(Br)cnc(C)c1NC(=O)Nc1cnc(-n2nccn2)c(Cl)c1. The van der Waals surface area contributed by atoms with E-state index in [9.17, 15) is 4.79 Å². The van der Waals surface area contributed by atoms with Crippen LogP contribution in [0.25, 0.3) is 5.82 Å². The van der Waals surface area contributed by atoms with Gasteiger partial charge in [0.05, 0.1) is 46.8 Å². The van der Waals surface area contributed by atoms with Crippen LogP contribution in [0.15, 0.2) is 35.3 Å². The van der Waals surface area contributed by atoms with Gasteiger partial charge in [-0.25, -0.2) is 9.78 Å². The number of amides is 2. The molecule has 2 N–H and O–H groups in total. The van der Waals surface area contributed by atoms with E-state index in [2.05, 4.69) is 46.7 Å². The highest BCUT2D eigenvalue weighted by Gasteiger charge is 2.19. The lowest BCUT2D eigenvalue weighted by Crippen LogP contribution is -2.22. The monoisotopic (exact) mass is 465 g/mol. The summed E-state index contributed by atoms with van der Waals surface area (Å²) in [5.41, 5.74) is 2.44. The van der Waals surface area contributed by atoms with Gasteiger partial charge in [0.15, 0.2) is 5.82 Å². The fourth-order valence-electron chi connectivity index (χ4n) is 2.52. The van der Waals surface area contributed by atoms with E-state index in [0.29, 0.717) is 27.9 Å². The number of rotatable bonds is 5. The number of hydrogen-bond donors (Lipinski definition) is 2. The molecule has 0 aliphatic carbocycles. The second-order valence-corrected chi connectivity index (χ2v) is 7.05. The first-order chi connectivity index (χ1) is 13.4. The molecule has 146 valence electrons. The van der Waals surface area contributed by atoms with Crippen molar-refractivity contribution in [2.24, 2.45) is 0 Å². The number of halogens is 2. The topological polar surface area (TPSA) is 107 Å². The lowest BCUT2D eigenvalue weighted by molar-refractivity contribution is 0.119. The second-order valence-electron chi connectivity index (χ2n) is 5.79. The van der Waals surface area contributed by atoms with Crippen LogP contribution in [0.1, 0.15) is 24.3 Å². The van der Waals surface area contributed by atoms with Crippen molar-refractivity contribution in [2.45, 2.75) is 20.0 Å². The average Bonchev–Trinajstić information content (AvgIpc) is 3.19. The Hall–Kier alpha value is -2.56. The summed E-state index contributed by atoms with van der Waals surface area (Å²) in [5, 5.41) is 13.8. The first-order valence-corrected chi connectivity index (χ1v) is 9.35. The van der Waals surface area contributed by atoms with Crippen molar-refractivity contribution in [3.05, 3.63) is 51.6 Å². The quantitative estimate of drug-likeness (QED) is 0.585. The molecule has 9 nitrogen and oxygen atoms in total. The fourth-order valence-corrected chi connectivity index (χ4v) is 3.39. The van der Waals surface area contributed by atoms with Crippen LogP contribution < -0.4 is 10.6 Å². The highest BCUT2D eigenvalue weighted by molar-refractivity contribution is 9.10. The van der Waals surface area contributed by atoms with E-state index in [1.54, 1.807) is 26.3 Å². The van der Waals surface area contributed by atoms with Crippen molar-refractivity contribution in [1.29, 1.82) is 0 Å². The molecular formula is C17H17BrClN7O2. The average molecular weight is 467 g/mol. The molecule has 0 aliphatic rings. The molecule has 1 unspecified atom stereocenters. The van der Waals surface area contributed by atoms with Crippen LogP contribution >= 0.6 is 27.5 Å². The molecule has 0 aliphatic heterocycles. The number of nitrogens with one attached hydrogen (secondary N) is 2. The maximum absolute atomic E-state index is 12.5. The summed E-state index contributed by atoms with van der Waals surface area (Å²) in [6, 6.07) is 1.10. The molecule has 3 aromatic rings. The molecular weight excluding hydrogens is 450 g/mol. The maximum Gasteiger partial charge on any atom is 0.323 e. The predicted octanol–water partition coefficient (Wildman–Crippen LogP) is 4.13. The predicted molar refractivity (Wildman–Crippen MR) is 109 cm³/mol. The van der Waals surface area contributed by atoms with Gasteiger partial charge < -0.3 is 15.4 Å². The van der Waals surface area contributed by atoms with Crippen molar-refractivity contribution < 1.29 is 9.53 Å². The molecule has 28 heavy (non-hydrogen) atoms. The van der Waals surface area contributed by atoms with Crippen molar-refractivity contribution in [1.82, 2.24) is 25.0 Å². The third kappa shape index (κ3) is 4.29. The van der Waals surface area contributed by atoms with Gasteiger partial charge in [0.25, 0.3) is 0 Å². The first-order valence-electron chi connectivity index (χ1n) is 8.18. The Balaban J connectivity index is 1.80. The molecule has 0 radical (unpaired) electrons. The molecule has 3 rings (SSSR count). The van der Waals surface area contributed by atoms with Crippen molar-refractivity contribution in [2.75, 3.05) is 17.7 Å². The van der Waals surface area contributed by atoms with E-state index in [-0.39, 0.29) is 6.10 Å². The van der Waals surface area contributed by atoms with Crippen molar-refractivity contribution in [3.8, 4) is 5.82 Å². The van der Waals surface area contributed by atoms with Gasteiger partial charge in [-0.15, -0.1) is 4.80 Å². The Morgan fingerprint density at radius 1 is 1.25 bits per heavy atom. The molecule has 2 amide bonds. The van der Waals surface area contributed by atoms with E-state index in [1.807, 2.05) is 6.92 Å². The number of aryl methyl sites for hydroxylation is 1. The van der Waals surface area contributed by atoms with Crippen molar-refractivity contribution in [3.63, 3.8) is 0 Å². The van der Waals surface area contributed by atoms with Gasteiger partial charge in [0.2, 0.25) is 0 Å². The summed E-state index contributed by atoms with van der Waals surface area (Å²) < 4.78 is 6.15. The van der Waals surface area contributed by atoms with Gasteiger partial charge >= 0.3 is 6.03 Å². The zero-order valence-corrected chi connectivity index (χ0v) is 17.6. The fraction of sp³-hybridized carbons (Fsp3) is 0.235. The highest BCUT2D eigenvalue weighted by atomic mass is 79.9. The van der Waals surface area contributed by atoms with Crippen LogP contribution in [0.2, 0.25) is 5.02 Å². The van der Waals surface area contributed by atoms with Crippen LogP contribution in [-0.2, 0) is 4.74 Å². The molecule has 0 aromatic carbocycles. The number of hydrogen-bond acceptors (Lipinski definition) is 6. The lowest BCUT2D eigenvalue weighted by atomic mass is 10.1. The Kier molecular flexibility index (Phi) is 6.22. The zero-order chi connectivity index (χ0) is 20.3. The van der Waals surface area contributed by atoms with Gasteiger partial charge in [0, 0.05) is 23.3 Å². The van der Waals surface area contributed by atoms with Crippen LogP contribution in [0, 0.1) is 6.92 Å². The summed E-state index contributed by atoms with van der Waals surface area (Å²) in [5.74, 6) is 0.362. The number of nitrogens with zero attached hydrogens (tertiary/aromatic N) is 5. The number of methoxy groups -OCH3 is 1. The van der Waals surface area contributed by atoms with Gasteiger partial charge in [-0.3, -0.25) is 4.98 Å². The number of carbonyl (C=O) groups excluding carboxylic acids is 1. The largest absolute Gasteiger partial charge is 0.377 e. The van der Waals surface area contributed by atoms with Crippen LogP contribution in [0.5, 0.6) is 0 Å². The summed E-state index contributed by atoms with van der Waals surface area (Å²) in [6.07, 6.45) is 5.93. The standard InChI is InChI=1S/C17H17BrClN7O2/c1-9-15(14(10(2)28-3)12(18)8-20-9)25-17(27)24-11-6-13(19)16(21-7-11)26-22-4-5-23-26/h4-8,10H,1-3H3,(H2,24,25,27). The molecule has 3 heterocycles. The molecule has 0 saturated carbocycles. The lowest BCUT2D eigenvalue weighted by Gasteiger charge is -2.19. The number of pyridine rings is 2. The molecule has 0 saturated heterocycles. The third-order valence-electron chi connectivity index (χ3n) is 3.95. The summed E-state index contributed by atoms with van der Waals surface area (Å²) in [6.45, 7) is 3.69. The number of carbonyl (C=O) groups is 1. The zero-order valence-electron chi connectivity index (χ0n) is 15.3. The van der Waals surface area contributed by atoms with Gasteiger partial charge in [-0.05, 0) is 35.8 Å². The van der Waals surface area contributed by atoms with E-state index in [1.165, 1.54) is 23.4 Å². The Morgan fingerprint density at radius 2 is 1.96 bits per heavy atom. The molecule has 3 aromatic heterocycles. The molecule has 11 heteroatoms. The molecule has 0 bridgehead atoms. The summed E-state index contributed by atoms with van der Waals surface area (Å²) in [4.78, 5) is 22.3. The van der Waals surface area contributed by atoms with Crippen molar-refractivity contribution >= 4 is 44.9 Å². The van der Waals surface area contributed by atoms with E-state index in [0.717, 1.165) is 10.0 Å². The third-order valence-corrected chi connectivity index (χ3v) is 4.86. The Morgan fingerprint density at radius 3 is 2.61 bits per heavy atom. The summed E-state index contributed by atoms with van der Waals surface area (Å²) in [7, 11) is 1.60. The normalized spacial score (nSPS) is 11.9. The van der Waals surface area contributed by atoms with Crippen LogP contribution in [-0.4, -0.2) is 38.1 Å².